The van der Waals surface area contributed by atoms with E-state index < -0.39 is 0 Å². The van der Waals surface area contributed by atoms with E-state index in [1.165, 1.54) is 0 Å². The first-order valence-corrected chi connectivity index (χ1v) is 5.30. The van der Waals surface area contributed by atoms with E-state index in [0.29, 0.717) is 11.3 Å². The van der Waals surface area contributed by atoms with Crippen LogP contribution >= 0.6 is 0 Å². The Morgan fingerprint density at radius 2 is 1.94 bits per heavy atom. The van der Waals surface area contributed by atoms with E-state index in [4.69, 9.17) is 4.74 Å². The Bertz CT molecular complexity index is 328. The zero-order valence-corrected chi connectivity index (χ0v) is 10.3. The van der Waals surface area contributed by atoms with Gasteiger partial charge in [0, 0.05) is 5.56 Å². The summed E-state index contributed by atoms with van der Waals surface area (Å²) in [5, 5.41) is 0. The van der Waals surface area contributed by atoms with E-state index in [9.17, 15) is 4.79 Å². The van der Waals surface area contributed by atoms with Gasteiger partial charge >= 0.3 is 0 Å². The summed E-state index contributed by atoms with van der Waals surface area (Å²) in [4.78, 5) is 11.8. The molecule has 0 bridgehead atoms. The molecule has 0 amide bonds. The summed E-state index contributed by atoms with van der Waals surface area (Å²) in [6.45, 7) is 2.11. The van der Waals surface area contributed by atoms with Crippen LogP contribution in [0, 0.1) is 0 Å². The van der Waals surface area contributed by atoms with Crippen LogP contribution in [0.15, 0.2) is 24.3 Å². The average Bonchev–Trinajstić information content (AvgIpc) is 2.29. The lowest BCUT2D eigenvalue weighted by molar-refractivity contribution is 0.107. The van der Waals surface area contributed by atoms with Gasteiger partial charge < -0.3 is 20.5 Å². The summed E-state index contributed by atoms with van der Waals surface area (Å²) in [5.41, 5.74) is 0.706. The van der Waals surface area contributed by atoms with Crippen LogP contribution < -0.4 is 4.74 Å². The van der Waals surface area contributed by atoms with E-state index in [0.717, 1.165) is 19.2 Å². The molecular formula is C12H20BO4. The van der Waals surface area contributed by atoms with Crippen molar-refractivity contribution in [2.24, 2.45) is 0 Å². The van der Waals surface area contributed by atoms with Gasteiger partial charge in [-0.15, -0.1) is 0 Å². The number of benzene rings is 1. The Balaban J connectivity index is 0. The van der Waals surface area contributed by atoms with Gasteiger partial charge in [0.2, 0.25) is 7.28 Å². The lowest BCUT2D eigenvalue weighted by Gasteiger charge is -2.06. The molecule has 0 saturated heterocycles. The minimum atomic E-state index is 0. The Labute approximate surface area is 103 Å². The molecule has 0 fully saturated rings. The normalized spacial score (nSPS) is 8.59. The van der Waals surface area contributed by atoms with Crippen LogP contribution in [0.2, 0.25) is 6.32 Å². The maximum Gasteiger partial charge on any atom is 0.209 e. The minimum absolute atomic E-state index is 0. The number of hydrogen-bond acceptors (Lipinski definition) is 2. The zero-order valence-electron chi connectivity index (χ0n) is 10.3. The van der Waals surface area contributed by atoms with Crippen LogP contribution in [0.4, 0.5) is 0 Å². The van der Waals surface area contributed by atoms with Crippen molar-refractivity contribution >= 4 is 13.0 Å². The highest BCUT2D eigenvalue weighted by Crippen LogP contribution is 2.17. The van der Waals surface area contributed by atoms with Crippen molar-refractivity contribution in [2.75, 3.05) is 7.11 Å². The van der Waals surface area contributed by atoms with Crippen LogP contribution in [0.1, 0.15) is 30.1 Å². The van der Waals surface area contributed by atoms with Gasteiger partial charge in [0.05, 0.1) is 7.11 Å². The number of rotatable bonds is 6. The summed E-state index contributed by atoms with van der Waals surface area (Å²) in [5.74, 6) is 0.648. The molecular weight excluding hydrogens is 219 g/mol. The maximum absolute atomic E-state index is 11.8. The third-order valence-corrected chi connectivity index (χ3v) is 2.26. The van der Waals surface area contributed by atoms with Crippen molar-refractivity contribution in [2.45, 2.75) is 26.1 Å². The summed E-state index contributed by atoms with van der Waals surface area (Å²) >= 11 is 0. The molecule has 0 unspecified atom stereocenters. The molecule has 4 nitrogen and oxygen atoms in total. The fourth-order valence-corrected chi connectivity index (χ4v) is 1.40. The van der Waals surface area contributed by atoms with E-state index in [1.807, 2.05) is 12.1 Å². The maximum atomic E-state index is 11.8. The fraction of sp³-hybridized carbons (Fsp3) is 0.417. The fourth-order valence-electron chi connectivity index (χ4n) is 1.40. The topological polar surface area (TPSA) is 89.3 Å². The molecule has 0 spiro atoms. The third kappa shape index (κ3) is 5.52. The minimum Gasteiger partial charge on any atom is -0.496 e. The Morgan fingerprint density at radius 3 is 2.53 bits per heavy atom. The number of para-hydroxylation sites is 1. The molecule has 4 N–H and O–H groups in total. The Kier molecular flexibility index (Phi) is 10.5. The summed E-state index contributed by atoms with van der Waals surface area (Å²) in [6.07, 6.45) is 3.00. The van der Waals surface area contributed by atoms with Crippen molar-refractivity contribution < 1.29 is 20.5 Å². The molecule has 0 aliphatic heterocycles. The van der Waals surface area contributed by atoms with Crippen LogP contribution in [0.3, 0.4) is 0 Å². The predicted octanol–water partition coefficient (Wildman–Crippen LogP) is 1.11. The number of unbranched alkanes of at least 4 members (excludes halogenated alkanes) is 1. The first-order chi connectivity index (χ1) is 7.29. The van der Waals surface area contributed by atoms with Gasteiger partial charge in [0.15, 0.2) is 0 Å². The van der Waals surface area contributed by atoms with Crippen molar-refractivity contribution in [3.8, 4) is 5.75 Å². The van der Waals surface area contributed by atoms with Crippen molar-refractivity contribution in [3.63, 3.8) is 0 Å². The number of methoxy groups -OCH3 is 1. The Hall–Kier alpha value is -1.33. The molecule has 17 heavy (non-hydrogen) atoms. The molecule has 0 aliphatic rings. The van der Waals surface area contributed by atoms with E-state index >= 15 is 0 Å². The molecule has 95 valence electrons. The van der Waals surface area contributed by atoms with Gasteiger partial charge in [0.25, 0.3) is 0 Å². The molecule has 0 aromatic heterocycles. The Morgan fingerprint density at radius 1 is 1.29 bits per heavy atom. The van der Waals surface area contributed by atoms with E-state index in [-0.39, 0.29) is 16.6 Å². The molecule has 1 rings (SSSR count). The van der Waals surface area contributed by atoms with E-state index in [2.05, 4.69) is 6.92 Å². The second kappa shape index (κ2) is 9.87. The van der Waals surface area contributed by atoms with Crippen molar-refractivity contribution in [1.82, 2.24) is 0 Å². The molecule has 5 heteroatoms. The zero-order chi connectivity index (χ0) is 11.1. The smallest absolute Gasteiger partial charge is 0.209 e. The third-order valence-electron chi connectivity index (χ3n) is 2.26. The van der Waals surface area contributed by atoms with Gasteiger partial charge in [-0.3, -0.25) is 0 Å². The predicted molar refractivity (Wildman–Crippen MR) is 70.0 cm³/mol. The van der Waals surface area contributed by atoms with Gasteiger partial charge in [-0.1, -0.05) is 38.2 Å². The van der Waals surface area contributed by atoms with Gasteiger partial charge in [0.1, 0.15) is 11.4 Å². The molecule has 1 aromatic rings. The SMILES string of the molecule is CCCC[B]C(=O)c1ccccc1OC.O.O. The van der Waals surface area contributed by atoms with E-state index in [1.54, 1.807) is 26.5 Å². The molecule has 0 atom stereocenters. The van der Waals surface area contributed by atoms with Crippen LogP contribution in [-0.4, -0.2) is 31.0 Å². The molecule has 0 heterocycles. The number of hydrogen-bond donors (Lipinski definition) is 0. The van der Waals surface area contributed by atoms with Crippen LogP contribution in [0.5, 0.6) is 5.75 Å². The number of carbonyl (C=O) groups excluding carboxylic acids is 1. The highest BCUT2D eigenvalue weighted by Gasteiger charge is 2.11. The summed E-state index contributed by atoms with van der Waals surface area (Å²) < 4.78 is 5.13. The van der Waals surface area contributed by atoms with Gasteiger partial charge in [-0.25, -0.2) is 0 Å². The van der Waals surface area contributed by atoms with Crippen molar-refractivity contribution in [3.05, 3.63) is 29.8 Å². The standard InChI is InChI=1S/C12H16BO2.2H2O/c1-3-4-9-13-12(14)10-7-5-6-8-11(10)15-2;;/h5-8H,3-4,9H2,1-2H3;2*1H2. The second-order valence-electron chi connectivity index (χ2n) is 3.41. The monoisotopic (exact) mass is 239 g/mol. The largest absolute Gasteiger partial charge is 0.496 e. The number of carbonyl (C=O) groups is 1. The highest BCUT2D eigenvalue weighted by atomic mass is 16.5. The van der Waals surface area contributed by atoms with Crippen molar-refractivity contribution in [1.29, 1.82) is 0 Å². The van der Waals surface area contributed by atoms with Gasteiger partial charge in [-0.05, 0) is 12.1 Å². The van der Waals surface area contributed by atoms with Crippen LogP contribution in [0.25, 0.3) is 0 Å². The lowest BCUT2D eigenvalue weighted by Crippen LogP contribution is -2.10. The second-order valence-corrected chi connectivity index (χ2v) is 3.41. The summed E-state index contributed by atoms with van der Waals surface area (Å²) in [6, 6.07) is 7.32. The first kappa shape index (κ1) is 18.1. The molecule has 1 aromatic carbocycles. The van der Waals surface area contributed by atoms with Gasteiger partial charge in [-0.2, -0.15) is 0 Å². The number of ether oxygens (including phenoxy) is 1. The highest BCUT2D eigenvalue weighted by molar-refractivity contribution is 6.77. The summed E-state index contributed by atoms with van der Waals surface area (Å²) in [7, 11) is 3.32. The average molecular weight is 239 g/mol. The molecule has 0 saturated carbocycles. The molecule has 1 radical (unpaired) electrons. The van der Waals surface area contributed by atoms with Crippen LogP contribution in [-0.2, 0) is 0 Å². The lowest BCUT2D eigenvalue weighted by atomic mass is 9.66. The quantitative estimate of drug-likeness (QED) is 0.549. The molecule has 0 aliphatic carbocycles. The first-order valence-electron chi connectivity index (χ1n) is 5.30.